The molecule has 2 N–H and O–H groups in total. The number of benzene rings is 1. The number of carbonyl (C=O) groups is 2. The summed E-state index contributed by atoms with van der Waals surface area (Å²) >= 11 is 0. The van der Waals surface area contributed by atoms with E-state index in [-0.39, 0.29) is 11.4 Å². The zero-order chi connectivity index (χ0) is 18.2. The Hall–Kier alpha value is -2.42. The molecule has 0 saturated carbocycles. The Morgan fingerprint density at radius 2 is 2.08 bits per heavy atom. The Labute approximate surface area is 145 Å². The number of primary amides is 1. The second-order valence-electron chi connectivity index (χ2n) is 6.15. The van der Waals surface area contributed by atoms with Crippen LogP contribution in [0.4, 0.5) is 0 Å². The van der Waals surface area contributed by atoms with Crippen molar-refractivity contribution in [3.05, 3.63) is 29.8 Å². The highest BCUT2D eigenvalue weighted by Crippen LogP contribution is 2.30. The number of amidine groups is 1. The number of ether oxygens (including phenoxy) is 1. The molecule has 3 rings (SSSR count). The molecular weight excluding hydrogens is 346 g/mol. The van der Waals surface area contributed by atoms with Crippen LogP contribution in [0.15, 0.2) is 33.6 Å². The van der Waals surface area contributed by atoms with Crippen molar-refractivity contribution in [3.8, 4) is 0 Å². The molecule has 9 heteroatoms. The average molecular weight is 365 g/mol. The third kappa shape index (κ3) is 3.37. The van der Waals surface area contributed by atoms with E-state index in [1.54, 1.807) is 23.1 Å². The number of rotatable bonds is 3. The van der Waals surface area contributed by atoms with Crippen LogP contribution in [-0.4, -0.2) is 50.2 Å². The molecule has 8 nitrogen and oxygen atoms in total. The van der Waals surface area contributed by atoms with Gasteiger partial charge < -0.3 is 15.4 Å². The van der Waals surface area contributed by atoms with Crippen LogP contribution in [0.5, 0.6) is 0 Å². The number of hydrogen-bond donors (Lipinski definition) is 1. The second-order valence-corrected chi connectivity index (χ2v) is 7.73. The van der Waals surface area contributed by atoms with Crippen LogP contribution in [-0.2, 0) is 24.3 Å². The lowest BCUT2D eigenvalue weighted by Crippen LogP contribution is -2.44. The minimum absolute atomic E-state index is 0.178. The van der Waals surface area contributed by atoms with Gasteiger partial charge in [-0.25, -0.2) is 0 Å². The summed E-state index contributed by atoms with van der Waals surface area (Å²) in [5.41, 5.74) is 5.65. The summed E-state index contributed by atoms with van der Waals surface area (Å²) in [6.45, 7) is 2.30. The van der Waals surface area contributed by atoms with Crippen molar-refractivity contribution in [2.24, 2.45) is 16.0 Å². The molecule has 0 aromatic heterocycles. The summed E-state index contributed by atoms with van der Waals surface area (Å²) in [5.74, 6) is -1.32. The smallest absolute Gasteiger partial charge is 0.311 e. The van der Waals surface area contributed by atoms with Crippen molar-refractivity contribution < 1.29 is 22.7 Å². The number of amides is 1. The molecule has 2 aliphatic heterocycles. The number of hydrogen-bond acceptors (Lipinski definition) is 6. The number of sulfonamides is 1. The Morgan fingerprint density at radius 1 is 1.36 bits per heavy atom. The van der Waals surface area contributed by atoms with E-state index in [9.17, 15) is 18.0 Å². The van der Waals surface area contributed by atoms with Gasteiger partial charge in [-0.2, -0.15) is 8.42 Å². The molecular formula is C16H19N3O5S. The molecule has 2 aliphatic rings. The van der Waals surface area contributed by atoms with Crippen LogP contribution < -0.4 is 5.73 Å². The number of carbonyl (C=O) groups excluding carboxylic acids is 2. The molecule has 1 aromatic rings. The normalized spacial score (nSPS) is 22.7. The van der Waals surface area contributed by atoms with Crippen LogP contribution in [0, 0.1) is 5.92 Å². The zero-order valence-electron chi connectivity index (χ0n) is 13.7. The quantitative estimate of drug-likeness (QED) is 0.768. The van der Waals surface area contributed by atoms with E-state index in [0.29, 0.717) is 30.8 Å². The minimum Gasteiger partial charge on any atom is -0.452 e. The fraction of sp³-hybridized carbons (Fsp3) is 0.438. The SMILES string of the molecule is C[C@H](OC(=O)[C@@H]1CCCN(C2=NS(=O)(=O)c3ccccc32)C1)C(N)=O. The summed E-state index contributed by atoms with van der Waals surface area (Å²) in [6.07, 6.45) is 0.293. The molecule has 0 bridgehead atoms. The lowest BCUT2D eigenvalue weighted by atomic mass is 9.97. The van der Waals surface area contributed by atoms with Crippen molar-refractivity contribution in [3.63, 3.8) is 0 Å². The Balaban J connectivity index is 1.79. The van der Waals surface area contributed by atoms with Gasteiger partial charge in [-0.1, -0.05) is 12.1 Å². The van der Waals surface area contributed by atoms with Crippen molar-refractivity contribution in [1.82, 2.24) is 4.90 Å². The van der Waals surface area contributed by atoms with E-state index in [2.05, 4.69) is 4.40 Å². The molecule has 2 atom stereocenters. The Kier molecular flexibility index (Phi) is 4.51. The molecule has 0 spiro atoms. The fourth-order valence-corrected chi connectivity index (χ4v) is 4.23. The van der Waals surface area contributed by atoms with Crippen LogP contribution in [0.2, 0.25) is 0 Å². The van der Waals surface area contributed by atoms with E-state index in [0.717, 1.165) is 0 Å². The van der Waals surface area contributed by atoms with Gasteiger partial charge in [0.1, 0.15) is 4.90 Å². The van der Waals surface area contributed by atoms with Gasteiger partial charge in [-0.15, -0.1) is 4.40 Å². The Morgan fingerprint density at radius 3 is 2.80 bits per heavy atom. The molecule has 1 saturated heterocycles. The first-order valence-corrected chi connectivity index (χ1v) is 9.43. The molecule has 0 unspecified atom stereocenters. The van der Waals surface area contributed by atoms with Crippen LogP contribution in [0.25, 0.3) is 0 Å². The van der Waals surface area contributed by atoms with E-state index in [4.69, 9.17) is 10.5 Å². The molecule has 2 heterocycles. The largest absolute Gasteiger partial charge is 0.452 e. The number of piperidine rings is 1. The maximum atomic E-state index is 12.2. The van der Waals surface area contributed by atoms with Crippen LogP contribution >= 0.6 is 0 Å². The van der Waals surface area contributed by atoms with E-state index < -0.39 is 33.9 Å². The maximum Gasteiger partial charge on any atom is 0.311 e. The van der Waals surface area contributed by atoms with Crippen molar-refractivity contribution in [2.45, 2.75) is 30.8 Å². The number of esters is 1. The highest BCUT2D eigenvalue weighted by Gasteiger charge is 2.36. The topological polar surface area (TPSA) is 119 Å². The van der Waals surface area contributed by atoms with E-state index in [1.165, 1.54) is 13.0 Å². The molecule has 1 aromatic carbocycles. The third-order valence-corrected chi connectivity index (χ3v) is 5.69. The van der Waals surface area contributed by atoms with Gasteiger partial charge in [-0.3, -0.25) is 9.59 Å². The van der Waals surface area contributed by atoms with Crippen LogP contribution in [0.3, 0.4) is 0 Å². The highest BCUT2D eigenvalue weighted by molar-refractivity contribution is 7.90. The molecule has 0 aliphatic carbocycles. The molecule has 25 heavy (non-hydrogen) atoms. The monoisotopic (exact) mass is 365 g/mol. The van der Waals surface area contributed by atoms with Gasteiger partial charge in [0.15, 0.2) is 11.9 Å². The first kappa shape index (κ1) is 17.4. The van der Waals surface area contributed by atoms with Gasteiger partial charge in [0, 0.05) is 18.7 Å². The lowest BCUT2D eigenvalue weighted by Gasteiger charge is -2.33. The van der Waals surface area contributed by atoms with E-state index >= 15 is 0 Å². The number of nitrogens with zero attached hydrogens (tertiary/aromatic N) is 2. The zero-order valence-corrected chi connectivity index (χ0v) is 14.5. The van der Waals surface area contributed by atoms with Gasteiger partial charge in [0.25, 0.3) is 15.9 Å². The molecule has 1 amide bonds. The van der Waals surface area contributed by atoms with Crippen molar-refractivity contribution in [2.75, 3.05) is 13.1 Å². The standard InChI is InChI=1S/C16H19N3O5S/c1-10(14(17)20)24-16(21)11-5-4-8-19(9-11)15-12-6-2-3-7-13(12)25(22,23)18-15/h2-3,6-7,10-11H,4-5,8-9H2,1H3,(H2,17,20)/t10-,11+/m0/s1. The van der Waals surface area contributed by atoms with Gasteiger partial charge >= 0.3 is 5.97 Å². The highest BCUT2D eigenvalue weighted by atomic mass is 32.2. The Bertz CT molecular complexity index is 849. The first-order valence-electron chi connectivity index (χ1n) is 7.98. The second kappa shape index (κ2) is 6.47. The predicted octanol–water partition coefficient (Wildman–Crippen LogP) is 0.265. The van der Waals surface area contributed by atoms with Crippen molar-refractivity contribution >= 4 is 27.7 Å². The molecule has 0 radical (unpaired) electrons. The molecule has 1 fully saturated rings. The van der Waals surface area contributed by atoms with Gasteiger partial charge in [-0.05, 0) is 31.9 Å². The maximum absolute atomic E-state index is 12.2. The minimum atomic E-state index is -3.70. The number of nitrogens with two attached hydrogens (primary N) is 1. The summed E-state index contributed by atoms with van der Waals surface area (Å²) < 4.78 is 33.3. The van der Waals surface area contributed by atoms with E-state index in [1.807, 2.05) is 0 Å². The number of fused-ring (bicyclic) bond motifs is 1. The van der Waals surface area contributed by atoms with Crippen LogP contribution in [0.1, 0.15) is 25.3 Å². The first-order chi connectivity index (χ1) is 11.8. The summed E-state index contributed by atoms with van der Waals surface area (Å²) in [4.78, 5) is 25.2. The lowest BCUT2D eigenvalue weighted by molar-refractivity contribution is -0.159. The van der Waals surface area contributed by atoms with Gasteiger partial charge in [0.05, 0.1) is 5.92 Å². The molecule has 134 valence electrons. The number of likely N-dealkylation sites (tertiary alicyclic amines) is 1. The summed E-state index contributed by atoms with van der Waals surface area (Å²) in [6, 6.07) is 6.62. The van der Waals surface area contributed by atoms with Gasteiger partial charge in [0.2, 0.25) is 0 Å². The summed E-state index contributed by atoms with van der Waals surface area (Å²) in [5, 5.41) is 0. The summed E-state index contributed by atoms with van der Waals surface area (Å²) in [7, 11) is -3.70. The van der Waals surface area contributed by atoms with Crippen molar-refractivity contribution in [1.29, 1.82) is 0 Å². The fourth-order valence-electron chi connectivity index (χ4n) is 3.01. The third-order valence-electron chi connectivity index (χ3n) is 4.36. The predicted molar refractivity (Wildman–Crippen MR) is 89.2 cm³/mol. The average Bonchev–Trinajstić information content (AvgIpc) is 2.87.